The van der Waals surface area contributed by atoms with Crippen molar-refractivity contribution >= 4 is 27.6 Å². The standard InChI is InChI=1S/C26H21F2N5O2/c1-3-17-20(27)7-4-13-8-16(34)9-18(21(13)17)19-10-29-24-23(22(19)28)31-26(35-2)32-25(24)33-11-14-5-6-15(12-33)30-14/h1,4,7-10,14-15,30,34H,5-6,11-12H2,2H3. The molecule has 0 saturated carbocycles. The first-order valence-electron chi connectivity index (χ1n) is 11.3. The number of methoxy groups -OCH3 is 1. The number of rotatable bonds is 3. The highest BCUT2D eigenvalue weighted by Gasteiger charge is 2.34. The first-order chi connectivity index (χ1) is 17.0. The quantitative estimate of drug-likeness (QED) is 0.439. The second-order valence-corrected chi connectivity index (χ2v) is 8.92. The maximum Gasteiger partial charge on any atom is 0.318 e. The van der Waals surface area contributed by atoms with Gasteiger partial charge in [-0.25, -0.2) is 13.8 Å². The van der Waals surface area contributed by atoms with Crippen LogP contribution in [-0.2, 0) is 0 Å². The number of aromatic nitrogens is 3. The van der Waals surface area contributed by atoms with Crippen LogP contribution in [-0.4, -0.2) is 52.3 Å². The van der Waals surface area contributed by atoms with Crippen LogP contribution in [0.2, 0.25) is 0 Å². The molecule has 0 spiro atoms. The van der Waals surface area contributed by atoms with Gasteiger partial charge in [0, 0.05) is 42.3 Å². The minimum Gasteiger partial charge on any atom is -0.508 e. The van der Waals surface area contributed by atoms with Gasteiger partial charge in [0.05, 0.1) is 12.7 Å². The summed E-state index contributed by atoms with van der Waals surface area (Å²) in [6, 6.07) is 6.21. The van der Waals surface area contributed by atoms with Crippen LogP contribution in [0.3, 0.4) is 0 Å². The van der Waals surface area contributed by atoms with Crippen LogP contribution in [0.1, 0.15) is 18.4 Å². The van der Waals surface area contributed by atoms with E-state index >= 15 is 4.39 Å². The lowest BCUT2D eigenvalue weighted by Crippen LogP contribution is -2.51. The molecule has 2 aliphatic rings. The molecule has 2 fully saturated rings. The van der Waals surface area contributed by atoms with E-state index in [0.29, 0.717) is 34.2 Å². The molecule has 176 valence electrons. The lowest BCUT2D eigenvalue weighted by Gasteiger charge is -2.34. The van der Waals surface area contributed by atoms with Crippen LogP contribution in [0.5, 0.6) is 11.8 Å². The molecule has 2 atom stereocenters. The normalized spacial score (nSPS) is 19.3. The molecular formula is C26H21F2N5O2. The molecule has 0 amide bonds. The van der Waals surface area contributed by atoms with Gasteiger partial charge in [0.1, 0.15) is 22.6 Å². The predicted molar refractivity (Wildman–Crippen MR) is 129 cm³/mol. The lowest BCUT2D eigenvalue weighted by atomic mass is 9.94. The maximum absolute atomic E-state index is 16.1. The van der Waals surface area contributed by atoms with Crippen molar-refractivity contribution in [3.8, 4) is 35.2 Å². The summed E-state index contributed by atoms with van der Waals surface area (Å²) in [6.45, 7) is 1.44. The number of piperazine rings is 1. The number of fused-ring (bicyclic) bond motifs is 4. The van der Waals surface area contributed by atoms with Crippen LogP contribution in [0.25, 0.3) is 32.9 Å². The molecule has 2 aliphatic heterocycles. The van der Waals surface area contributed by atoms with Crippen molar-refractivity contribution in [2.24, 2.45) is 0 Å². The highest BCUT2D eigenvalue weighted by atomic mass is 19.1. The minimum absolute atomic E-state index is 0.0192. The molecule has 2 bridgehead atoms. The Labute approximate surface area is 199 Å². The highest BCUT2D eigenvalue weighted by molar-refractivity contribution is 6.03. The van der Waals surface area contributed by atoms with Gasteiger partial charge in [0.15, 0.2) is 11.6 Å². The van der Waals surface area contributed by atoms with E-state index in [1.165, 1.54) is 37.6 Å². The van der Waals surface area contributed by atoms with Crippen molar-refractivity contribution in [1.29, 1.82) is 0 Å². The molecule has 6 rings (SSSR count). The van der Waals surface area contributed by atoms with Crippen molar-refractivity contribution in [2.45, 2.75) is 24.9 Å². The van der Waals surface area contributed by atoms with Gasteiger partial charge >= 0.3 is 6.01 Å². The molecule has 35 heavy (non-hydrogen) atoms. The van der Waals surface area contributed by atoms with E-state index in [4.69, 9.17) is 11.2 Å². The summed E-state index contributed by atoms with van der Waals surface area (Å²) >= 11 is 0. The number of hydrogen-bond acceptors (Lipinski definition) is 7. The zero-order valence-corrected chi connectivity index (χ0v) is 18.8. The van der Waals surface area contributed by atoms with E-state index in [1.807, 2.05) is 0 Å². The second kappa shape index (κ2) is 8.03. The molecule has 9 heteroatoms. The Balaban J connectivity index is 1.59. The molecule has 7 nitrogen and oxygen atoms in total. The fourth-order valence-corrected chi connectivity index (χ4v) is 5.26. The van der Waals surface area contributed by atoms with Crippen LogP contribution >= 0.6 is 0 Å². The summed E-state index contributed by atoms with van der Waals surface area (Å²) in [5, 5.41) is 14.7. The van der Waals surface area contributed by atoms with Crippen molar-refractivity contribution in [2.75, 3.05) is 25.1 Å². The van der Waals surface area contributed by atoms with E-state index in [-0.39, 0.29) is 34.0 Å². The molecule has 2 aromatic heterocycles. The average molecular weight is 473 g/mol. The van der Waals surface area contributed by atoms with E-state index in [9.17, 15) is 9.50 Å². The number of terminal acetylenes is 1. The number of phenolic OH excluding ortho intramolecular Hbond substituents is 1. The average Bonchev–Trinajstić information content (AvgIpc) is 3.20. The topological polar surface area (TPSA) is 83.4 Å². The third kappa shape index (κ3) is 3.41. The molecule has 2 aromatic carbocycles. The zero-order chi connectivity index (χ0) is 24.3. The van der Waals surface area contributed by atoms with Crippen molar-refractivity contribution in [3.63, 3.8) is 0 Å². The van der Waals surface area contributed by atoms with Gasteiger partial charge in [-0.15, -0.1) is 6.42 Å². The van der Waals surface area contributed by atoms with Gasteiger partial charge < -0.3 is 20.1 Å². The number of benzene rings is 2. The van der Waals surface area contributed by atoms with Crippen molar-refractivity contribution < 1.29 is 18.6 Å². The van der Waals surface area contributed by atoms with Crippen molar-refractivity contribution in [3.05, 3.63) is 47.7 Å². The number of ether oxygens (including phenoxy) is 1. The van der Waals surface area contributed by atoms with E-state index in [2.05, 4.69) is 31.1 Å². The van der Waals surface area contributed by atoms with Crippen LogP contribution < -0.4 is 15.0 Å². The molecule has 2 unspecified atom stereocenters. The number of hydrogen-bond donors (Lipinski definition) is 2. The van der Waals surface area contributed by atoms with Gasteiger partial charge in [-0.3, -0.25) is 0 Å². The Hall–Kier alpha value is -4.03. The van der Waals surface area contributed by atoms with Gasteiger partial charge in [-0.1, -0.05) is 12.0 Å². The van der Waals surface area contributed by atoms with E-state index in [0.717, 1.165) is 25.9 Å². The number of nitrogens with zero attached hydrogens (tertiary/aromatic N) is 4. The van der Waals surface area contributed by atoms with Gasteiger partial charge in [-0.05, 0) is 42.0 Å². The van der Waals surface area contributed by atoms with Crippen LogP contribution in [0, 0.1) is 24.0 Å². The Morgan fingerprint density at radius 2 is 1.89 bits per heavy atom. The molecule has 4 aromatic rings. The predicted octanol–water partition coefficient (Wildman–Crippen LogP) is 3.76. The number of aromatic hydroxyl groups is 1. The summed E-state index contributed by atoms with van der Waals surface area (Å²) in [7, 11) is 1.42. The number of pyridine rings is 1. The minimum atomic E-state index is -0.686. The SMILES string of the molecule is C#Cc1c(F)ccc2cc(O)cc(-c3cnc4c(N5CC6CCC(C5)N6)nc(OC)nc4c3F)c12. The maximum atomic E-state index is 16.1. The molecule has 2 saturated heterocycles. The Kier molecular flexibility index (Phi) is 4.93. The zero-order valence-electron chi connectivity index (χ0n) is 18.8. The third-order valence-corrected chi connectivity index (χ3v) is 6.80. The van der Waals surface area contributed by atoms with E-state index < -0.39 is 11.6 Å². The van der Waals surface area contributed by atoms with Crippen molar-refractivity contribution in [1.82, 2.24) is 20.3 Å². The van der Waals surface area contributed by atoms with Crippen LogP contribution in [0.4, 0.5) is 14.6 Å². The molecule has 4 heterocycles. The smallest absolute Gasteiger partial charge is 0.318 e. The molecular weight excluding hydrogens is 452 g/mol. The number of anilines is 1. The second-order valence-electron chi connectivity index (χ2n) is 8.92. The Morgan fingerprint density at radius 3 is 2.60 bits per heavy atom. The van der Waals surface area contributed by atoms with Gasteiger partial charge in [0.2, 0.25) is 0 Å². The number of phenols is 1. The largest absolute Gasteiger partial charge is 0.508 e. The Bertz CT molecular complexity index is 1540. The monoisotopic (exact) mass is 473 g/mol. The fraction of sp³-hybridized carbons (Fsp3) is 0.269. The molecule has 2 N–H and O–H groups in total. The Morgan fingerprint density at radius 1 is 1.11 bits per heavy atom. The summed E-state index contributed by atoms with van der Waals surface area (Å²) in [4.78, 5) is 15.4. The lowest BCUT2D eigenvalue weighted by molar-refractivity contribution is 0.380. The van der Waals surface area contributed by atoms with Gasteiger partial charge in [-0.2, -0.15) is 9.97 Å². The first kappa shape index (κ1) is 21.5. The summed E-state index contributed by atoms with van der Waals surface area (Å²) in [6.07, 6.45) is 9.09. The molecule has 0 aliphatic carbocycles. The first-order valence-corrected chi connectivity index (χ1v) is 11.3. The summed E-state index contributed by atoms with van der Waals surface area (Å²) < 4.78 is 36.0. The highest BCUT2D eigenvalue weighted by Crippen LogP contribution is 2.39. The number of nitrogens with one attached hydrogen (secondary N) is 1. The van der Waals surface area contributed by atoms with E-state index in [1.54, 1.807) is 0 Å². The fourth-order valence-electron chi connectivity index (χ4n) is 5.26. The third-order valence-electron chi connectivity index (χ3n) is 6.80. The summed E-state index contributed by atoms with van der Waals surface area (Å²) in [5.74, 6) is 1.45. The van der Waals surface area contributed by atoms with Gasteiger partial charge in [0.25, 0.3) is 0 Å². The molecule has 0 radical (unpaired) electrons. The number of halogens is 2. The van der Waals surface area contributed by atoms with Crippen LogP contribution in [0.15, 0.2) is 30.5 Å². The summed E-state index contributed by atoms with van der Waals surface area (Å²) in [5.41, 5.74) is 0.520.